The van der Waals surface area contributed by atoms with E-state index in [4.69, 9.17) is 9.68 Å². The molecule has 0 spiro atoms. The predicted molar refractivity (Wildman–Crippen MR) is 54.4 cm³/mol. The van der Waals surface area contributed by atoms with Crippen molar-refractivity contribution >= 4 is 29.1 Å². The largest absolute Gasteiger partial charge is 0.531 e. The van der Waals surface area contributed by atoms with E-state index in [9.17, 15) is 0 Å². The zero-order chi connectivity index (χ0) is 9.26. The van der Waals surface area contributed by atoms with Crippen LogP contribution in [0.4, 0.5) is 0 Å². The van der Waals surface area contributed by atoms with E-state index in [1.54, 1.807) is 6.20 Å². The molecule has 0 bridgehead atoms. The predicted octanol–water partition coefficient (Wildman–Crippen LogP) is 1.24. The van der Waals surface area contributed by atoms with E-state index in [1.165, 1.54) is 16.0 Å². The Labute approximate surface area is 80.3 Å². The number of hydrogen-bond donors (Lipinski definition) is 1. The van der Waals surface area contributed by atoms with Crippen LogP contribution < -0.4 is 4.65 Å². The summed E-state index contributed by atoms with van der Waals surface area (Å²) in [5.41, 5.74) is 1.13. The fourth-order valence-corrected chi connectivity index (χ4v) is 2.15. The summed E-state index contributed by atoms with van der Waals surface area (Å²) in [4.78, 5) is 4.07. The highest BCUT2D eigenvalue weighted by atomic mass is 32.1. The van der Waals surface area contributed by atoms with E-state index < -0.39 is 0 Å². The van der Waals surface area contributed by atoms with Crippen molar-refractivity contribution in [2.75, 3.05) is 0 Å². The molecule has 0 amide bonds. The molecule has 0 saturated carbocycles. The van der Waals surface area contributed by atoms with Crippen LogP contribution in [0.5, 0.6) is 5.06 Å². The van der Waals surface area contributed by atoms with Crippen LogP contribution in [0.2, 0.25) is 0 Å². The SMILES string of the molecule is Cc1cncc2cc(OBO)sc12. The van der Waals surface area contributed by atoms with E-state index in [-0.39, 0.29) is 7.69 Å². The molecule has 0 saturated heterocycles. The zero-order valence-electron chi connectivity index (χ0n) is 7.15. The van der Waals surface area contributed by atoms with Crippen LogP contribution in [0.1, 0.15) is 5.56 Å². The van der Waals surface area contributed by atoms with Crippen molar-refractivity contribution in [3.63, 3.8) is 0 Å². The highest BCUT2D eigenvalue weighted by Gasteiger charge is 2.04. The molecule has 66 valence electrons. The molecule has 2 aromatic rings. The van der Waals surface area contributed by atoms with Gasteiger partial charge >= 0.3 is 7.69 Å². The Balaban J connectivity index is 2.55. The Bertz CT molecular complexity index is 429. The molecule has 0 aliphatic rings. The van der Waals surface area contributed by atoms with Crippen LogP contribution in [-0.4, -0.2) is 17.7 Å². The summed E-state index contributed by atoms with van der Waals surface area (Å²) in [5.74, 6) is 0. The highest BCUT2D eigenvalue weighted by molar-refractivity contribution is 7.21. The molecule has 0 radical (unpaired) electrons. The Hall–Kier alpha value is -1.07. The average Bonchev–Trinajstić information content (AvgIpc) is 2.49. The molecule has 0 fully saturated rings. The topological polar surface area (TPSA) is 42.4 Å². The number of aromatic nitrogens is 1. The van der Waals surface area contributed by atoms with Crippen LogP contribution in [0.3, 0.4) is 0 Å². The lowest BCUT2D eigenvalue weighted by Gasteiger charge is -1.92. The minimum Gasteiger partial charge on any atom is -0.531 e. The lowest BCUT2D eigenvalue weighted by molar-refractivity contribution is 0.461. The number of thiophene rings is 1. The van der Waals surface area contributed by atoms with Crippen molar-refractivity contribution in [2.24, 2.45) is 0 Å². The normalized spacial score (nSPS) is 10.3. The van der Waals surface area contributed by atoms with Crippen LogP contribution >= 0.6 is 11.3 Å². The number of aryl methyl sites for hydroxylation is 1. The number of nitrogens with zero attached hydrogens (tertiary/aromatic N) is 1. The van der Waals surface area contributed by atoms with Gasteiger partial charge in [-0.3, -0.25) is 4.98 Å². The molecule has 2 rings (SSSR count). The van der Waals surface area contributed by atoms with Crippen molar-refractivity contribution in [1.82, 2.24) is 4.98 Å². The van der Waals surface area contributed by atoms with E-state index in [1.807, 2.05) is 19.2 Å². The smallest absolute Gasteiger partial charge is 0.504 e. The molecular weight excluding hydrogens is 185 g/mol. The van der Waals surface area contributed by atoms with E-state index in [2.05, 4.69) is 4.98 Å². The Kier molecular flexibility index (Phi) is 2.20. The van der Waals surface area contributed by atoms with E-state index >= 15 is 0 Å². The van der Waals surface area contributed by atoms with Gasteiger partial charge in [-0.15, -0.1) is 11.3 Å². The lowest BCUT2D eigenvalue weighted by Crippen LogP contribution is -1.97. The van der Waals surface area contributed by atoms with Gasteiger partial charge in [-0.1, -0.05) is 0 Å². The maximum Gasteiger partial charge on any atom is 0.504 e. The quantitative estimate of drug-likeness (QED) is 0.729. The first kappa shape index (κ1) is 8.53. The molecule has 2 aromatic heterocycles. The van der Waals surface area contributed by atoms with Crippen LogP contribution in [-0.2, 0) is 0 Å². The van der Waals surface area contributed by atoms with Gasteiger partial charge in [0.25, 0.3) is 0 Å². The number of fused-ring (bicyclic) bond motifs is 1. The lowest BCUT2D eigenvalue weighted by atomic mass is 10.2. The number of pyridine rings is 1. The van der Waals surface area contributed by atoms with Gasteiger partial charge in [0.05, 0.1) is 0 Å². The van der Waals surface area contributed by atoms with Crippen molar-refractivity contribution in [1.29, 1.82) is 0 Å². The summed E-state index contributed by atoms with van der Waals surface area (Å²) in [7, 11) is -0.278. The Morgan fingerprint density at radius 2 is 2.38 bits per heavy atom. The number of hydrogen-bond acceptors (Lipinski definition) is 4. The van der Waals surface area contributed by atoms with Crippen LogP contribution in [0.15, 0.2) is 18.5 Å². The van der Waals surface area contributed by atoms with Gasteiger partial charge in [0.1, 0.15) is 0 Å². The van der Waals surface area contributed by atoms with Gasteiger partial charge in [0.2, 0.25) is 0 Å². The van der Waals surface area contributed by atoms with E-state index in [0.717, 1.165) is 16.0 Å². The first-order valence-corrected chi connectivity index (χ1v) is 4.70. The highest BCUT2D eigenvalue weighted by Crippen LogP contribution is 2.32. The third-order valence-corrected chi connectivity index (χ3v) is 2.98. The molecule has 0 aromatic carbocycles. The summed E-state index contributed by atoms with van der Waals surface area (Å²) >= 11 is 1.53. The summed E-state index contributed by atoms with van der Waals surface area (Å²) < 4.78 is 6.16. The van der Waals surface area contributed by atoms with Crippen LogP contribution in [0.25, 0.3) is 10.1 Å². The van der Waals surface area contributed by atoms with Gasteiger partial charge in [0.15, 0.2) is 5.06 Å². The van der Waals surface area contributed by atoms with Gasteiger partial charge < -0.3 is 9.68 Å². The molecule has 3 nitrogen and oxygen atoms in total. The monoisotopic (exact) mass is 193 g/mol. The molecule has 0 aliphatic heterocycles. The third-order valence-electron chi connectivity index (χ3n) is 1.78. The summed E-state index contributed by atoms with van der Waals surface area (Å²) in [5, 5.41) is 10.4. The van der Waals surface area contributed by atoms with Gasteiger partial charge in [-0.05, 0) is 18.6 Å². The molecule has 1 N–H and O–H groups in total. The third kappa shape index (κ3) is 1.52. The molecule has 0 aliphatic carbocycles. The second-order valence-corrected chi connectivity index (χ2v) is 3.73. The Morgan fingerprint density at radius 1 is 1.54 bits per heavy atom. The maximum atomic E-state index is 8.58. The van der Waals surface area contributed by atoms with Crippen molar-refractivity contribution < 1.29 is 9.68 Å². The molecular formula is C8H8BNO2S. The maximum absolute atomic E-state index is 8.58. The van der Waals surface area contributed by atoms with E-state index in [0.29, 0.717) is 0 Å². The number of rotatable bonds is 2. The first-order chi connectivity index (χ1) is 6.31. The van der Waals surface area contributed by atoms with Crippen molar-refractivity contribution in [3.05, 3.63) is 24.0 Å². The Morgan fingerprint density at radius 3 is 3.08 bits per heavy atom. The molecule has 5 heteroatoms. The molecule has 2 heterocycles. The van der Waals surface area contributed by atoms with Crippen molar-refractivity contribution in [3.8, 4) is 5.06 Å². The second kappa shape index (κ2) is 3.36. The summed E-state index contributed by atoms with van der Waals surface area (Å²) in [6, 6.07) is 1.89. The average molecular weight is 193 g/mol. The summed E-state index contributed by atoms with van der Waals surface area (Å²) in [6.45, 7) is 2.01. The molecule has 0 atom stereocenters. The standard InChI is InChI=1S/C8H8BNO2S/c1-5-3-10-4-6-2-7(12-9-11)13-8(5)6/h2-4,9,11H,1H3. The van der Waals surface area contributed by atoms with Gasteiger partial charge in [0, 0.05) is 22.5 Å². The fraction of sp³-hybridized carbons (Fsp3) is 0.125. The molecule has 13 heavy (non-hydrogen) atoms. The second-order valence-electron chi connectivity index (χ2n) is 2.71. The van der Waals surface area contributed by atoms with Crippen LogP contribution in [0, 0.1) is 6.92 Å². The zero-order valence-corrected chi connectivity index (χ0v) is 7.97. The first-order valence-electron chi connectivity index (χ1n) is 3.89. The minimum absolute atomic E-state index is 0.278. The van der Waals surface area contributed by atoms with Gasteiger partial charge in [-0.25, -0.2) is 0 Å². The van der Waals surface area contributed by atoms with Crippen molar-refractivity contribution in [2.45, 2.75) is 6.92 Å². The minimum atomic E-state index is -0.278. The molecule has 0 unspecified atom stereocenters. The van der Waals surface area contributed by atoms with Gasteiger partial charge in [-0.2, -0.15) is 0 Å². The fourth-order valence-electron chi connectivity index (χ4n) is 1.21. The summed E-state index contributed by atoms with van der Waals surface area (Å²) in [6.07, 6.45) is 3.62.